The average molecular weight is 222 g/mol. The lowest BCUT2D eigenvalue weighted by Crippen LogP contribution is -2.23. The normalized spacial score (nSPS) is 11.5. The molecular weight excluding hydrogens is 204 g/mol. The van der Waals surface area contributed by atoms with Gasteiger partial charge in [0.2, 0.25) is 0 Å². The van der Waals surface area contributed by atoms with Crippen LogP contribution < -0.4 is 0 Å². The first-order valence-corrected chi connectivity index (χ1v) is 6.42. The van der Waals surface area contributed by atoms with Crippen LogP contribution in [0.4, 0.5) is 0 Å². The number of rotatable bonds is 4. The molecule has 0 aliphatic rings. The van der Waals surface area contributed by atoms with E-state index in [0.717, 1.165) is 16.9 Å². The van der Waals surface area contributed by atoms with Gasteiger partial charge in [-0.05, 0) is 24.8 Å². The van der Waals surface area contributed by atoms with Crippen LogP contribution in [0.3, 0.4) is 0 Å². The molecular formula is C13H18OS. The quantitative estimate of drug-likeness (QED) is 0.565. The van der Waals surface area contributed by atoms with Gasteiger partial charge in [-0.1, -0.05) is 32.9 Å². The Morgan fingerprint density at radius 1 is 1.40 bits per heavy atom. The van der Waals surface area contributed by atoms with E-state index in [1.807, 2.05) is 44.4 Å². The number of Topliss-reactive ketones (excluding diaryl/α,β-unsaturated/α-hetero) is 1. The van der Waals surface area contributed by atoms with Gasteiger partial charge in [-0.15, -0.1) is 11.8 Å². The van der Waals surface area contributed by atoms with Gasteiger partial charge in [0.1, 0.15) is 0 Å². The Balaban J connectivity index is 3.01. The minimum atomic E-state index is -0.253. The third-order valence-corrected chi connectivity index (χ3v) is 3.56. The van der Waals surface area contributed by atoms with Crippen LogP contribution >= 0.6 is 11.8 Å². The molecule has 0 fully saturated rings. The van der Waals surface area contributed by atoms with E-state index < -0.39 is 0 Å². The van der Waals surface area contributed by atoms with Crippen molar-refractivity contribution in [2.24, 2.45) is 5.41 Å². The Kier molecular flexibility index (Phi) is 3.97. The van der Waals surface area contributed by atoms with E-state index >= 15 is 0 Å². The van der Waals surface area contributed by atoms with E-state index in [9.17, 15) is 4.79 Å². The van der Waals surface area contributed by atoms with Crippen molar-refractivity contribution in [3.63, 3.8) is 0 Å². The zero-order chi connectivity index (χ0) is 11.5. The molecule has 0 unspecified atom stereocenters. The number of benzene rings is 1. The smallest absolute Gasteiger partial charge is 0.168 e. The summed E-state index contributed by atoms with van der Waals surface area (Å²) in [4.78, 5) is 13.3. The second kappa shape index (κ2) is 4.84. The number of carbonyl (C=O) groups is 1. The Morgan fingerprint density at radius 2 is 2.07 bits per heavy atom. The van der Waals surface area contributed by atoms with E-state index in [2.05, 4.69) is 6.92 Å². The summed E-state index contributed by atoms with van der Waals surface area (Å²) in [5.74, 6) is 0.237. The molecule has 0 heterocycles. The number of carbonyl (C=O) groups excluding carboxylic acids is 1. The predicted octanol–water partition coefficient (Wildman–Crippen LogP) is 4.03. The lowest BCUT2D eigenvalue weighted by Gasteiger charge is -2.20. The molecule has 0 saturated heterocycles. The summed E-state index contributed by atoms with van der Waals surface area (Å²) in [6, 6.07) is 7.86. The molecule has 0 amide bonds. The van der Waals surface area contributed by atoms with E-state index in [-0.39, 0.29) is 11.2 Å². The first-order valence-electron chi connectivity index (χ1n) is 5.20. The highest BCUT2D eigenvalue weighted by Crippen LogP contribution is 2.27. The minimum Gasteiger partial charge on any atom is -0.294 e. The predicted molar refractivity (Wildman–Crippen MR) is 66.6 cm³/mol. The summed E-state index contributed by atoms with van der Waals surface area (Å²) in [6.07, 6.45) is 2.89. The lowest BCUT2D eigenvalue weighted by molar-refractivity contribution is 0.0833. The fraction of sp³-hybridized carbons (Fsp3) is 0.462. The topological polar surface area (TPSA) is 17.1 Å². The second-order valence-electron chi connectivity index (χ2n) is 4.30. The molecule has 0 N–H and O–H groups in total. The minimum absolute atomic E-state index is 0.237. The third-order valence-electron chi connectivity index (χ3n) is 2.83. The van der Waals surface area contributed by atoms with Gasteiger partial charge in [0.25, 0.3) is 0 Å². The summed E-state index contributed by atoms with van der Waals surface area (Å²) in [7, 11) is 0. The molecule has 0 radical (unpaired) electrons. The monoisotopic (exact) mass is 222 g/mol. The van der Waals surface area contributed by atoms with Crippen molar-refractivity contribution in [3.05, 3.63) is 29.8 Å². The molecule has 0 aliphatic heterocycles. The summed E-state index contributed by atoms with van der Waals surface area (Å²) in [6.45, 7) is 6.05. The third kappa shape index (κ3) is 2.85. The van der Waals surface area contributed by atoms with E-state index in [0.29, 0.717) is 0 Å². The molecule has 1 aromatic carbocycles. The first kappa shape index (κ1) is 12.3. The van der Waals surface area contributed by atoms with Gasteiger partial charge in [-0.2, -0.15) is 0 Å². The highest BCUT2D eigenvalue weighted by Gasteiger charge is 2.26. The van der Waals surface area contributed by atoms with Gasteiger partial charge < -0.3 is 0 Å². The van der Waals surface area contributed by atoms with Crippen molar-refractivity contribution in [3.8, 4) is 0 Å². The highest BCUT2D eigenvalue weighted by molar-refractivity contribution is 7.98. The molecule has 2 heteroatoms. The SMILES string of the molecule is CCC(C)(C)C(=O)c1cccc(SC)c1. The van der Waals surface area contributed by atoms with Crippen LogP contribution in [0.1, 0.15) is 37.6 Å². The molecule has 15 heavy (non-hydrogen) atoms. The summed E-state index contributed by atoms with van der Waals surface area (Å²) < 4.78 is 0. The van der Waals surface area contributed by atoms with Crippen LogP contribution in [0.5, 0.6) is 0 Å². The Labute approximate surface area is 96.3 Å². The molecule has 0 aromatic heterocycles. The van der Waals surface area contributed by atoms with Crippen LogP contribution in [-0.2, 0) is 0 Å². The molecule has 1 aromatic rings. The second-order valence-corrected chi connectivity index (χ2v) is 5.18. The fourth-order valence-electron chi connectivity index (χ4n) is 1.32. The van der Waals surface area contributed by atoms with Crippen molar-refractivity contribution in [1.82, 2.24) is 0 Å². The van der Waals surface area contributed by atoms with Gasteiger partial charge in [0, 0.05) is 15.9 Å². The molecule has 0 bridgehead atoms. The van der Waals surface area contributed by atoms with E-state index in [4.69, 9.17) is 0 Å². The van der Waals surface area contributed by atoms with Crippen molar-refractivity contribution >= 4 is 17.5 Å². The maximum atomic E-state index is 12.2. The zero-order valence-electron chi connectivity index (χ0n) is 9.83. The van der Waals surface area contributed by atoms with E-state index in [1.54, 1.807) is 11.8 Å². The number of thioether (sulfide) groups is 1. The maximum Gasteiger partial charge on any atom is 0.168 e. The summed E-state index contributed by atoms with van der Waals surface area (Å²) in [5.41, 5.74) is 0.575. The fourth-order valence-corrected chi connectivity index (χ4v) is 1.78. The van der Waals surface area contributed by atoms with Crippen LogP contribution in [0.2, 0.25) is 0 Å². The molecule has 0 aliphatic carbocycles. The molecule has 0 spiro atoms. The van der Waals surface area contributed by atoms with Crippen LogP contribution in [0.25, 0.3) is 0 Å². The van der Waals surface area contributed by atoms with Crippen molar-refractivity contribution < 1.29 is 4.79 Å². The first-order chi connectivity index (χ1) is 7.01. The summed E-state index contributed by atoms with van der Waals surface area (Å²) in [5, 5.41) is 0. The maximum absolute atomic E-state index is 12.2. The Morgan fingerprint density at radius 3 is 2.60 bits per heavy atom. The van der Waals surface area contributed by atoms with Gasteiger partial charge in [-0.3, -0.25) is 4.79 Å². The van der Waals surface area contributed by atoms with Crippen LogP contribution in [0.15, 0.2) is 29.2 Å². The molecule has 1 rings (SSSR count). The van der Waals surface area contributed by atoms with Gasteiger partial charge >= 0.3 is 0 Å². The molecule has 0 saturated carbocycles. The van der Waals surface area contributed by atoms with Gasteiger partial charge in [0.05, 0.1) is 0 Å². The van der Waals surface area contributed by atoms with Crippen LogP contribution in [0, 0.1) is 5.41 Å². The van der Waals surface area contributed by atoms with Gasteiger partial charge in [0.15, 0.2) is 5.78 Å². The van der Waals surface area contributed by atoms with Crippen LogP contribution in [-0.4, -0.2) is 12.0 Å². The van der Waals surface area contributed by atoms with Crippen molar-refractivity contribution in [2.45, 2.75) is 32.1 Å². The summed E-state index contributed by atoms with van der Waals surface area (Å²) >= 11 is 1.67. The average Bonchev–Trinajstić information content (AvgIpc) is 2.28. The van der Waals surface area contributed by atoms with Gasteiger partial charge in [-0.25, -0.2) is 0 Å². The Hall–Kier alpha value is -0.760. The standard InChI is InChI=1S/C13H18OS/c1-5-13(2,3)12(14)10-7-6-8-11(9-10)15-4/h6-9H,5H2,1-4H3. The van der Waals surface area contributed by atoms with Crippen molar-refractivity contribution in [2.75, 3.05) is 6.26 Å². The molecule has 0 atom stereocenters. The molecule has 1 nitrogen and oxygen atoms in total. The van der Waals surface area contributed by atoms with Crippen molar-refractivity contribution in [1.29, 1.82) is 0 Å². The largest absolute Gasteiger partial charge is 0.294 e. The zero-order valence-corrected chi connectivity index (χ0v) is 10.6. The number of hydrogen-bond acceptors (Lipinski definition) is 2. The highest BCUT2D eigenvalue weighted by atomic mass is 32.2. The number of hydrogen-bond donors (Lipinski definition) is 0. The lowest BCUT2D eigenvalue weighted by atomic mass is 9.82. The Bertz CT molecular complexity index is 355. The molecule has 82 valence electrons. The van der Waals surface area contributed by atoms with E-state index in [1.165, 1.54) is 0 Å². The number of ketones is 1.